The first-order valence-electron chi connectivity index (χ1n) is 18.2. The van der Waals surface area contributed by atoms with Crippen LogP contribution in [0.5, 0.6) is 0 Å². The molecule has 4 N–H and O–H groups in total. The third kappa shape index (κ3) is 8.37. The van der Waals surface area contributed by atoms with Crippen LogP contribution >= 0.6 is 0 Å². The number of aromatic nitrogens is 4. The topological polar surface area (TPSA) is 116 Å². The van der Waals surface area contributed by atoms with Crippen molar-refractivity contribution in [3.05, 3.63) is 72.6 Å². The second-order valence-electron chi connectivity index (χ2n) is 14.5. The molecule has 8 nitrogen and oxygen atoms in total. The van der Waals surface area contributed by atoms with E-state index < -0.39 is 11.8 Å². The van der Waals surface area contributed by atoms with Gasteiger partial charge < -0.3 is 20.6 Å². The van der Waals surface area contributed by atoms with E-state index in [4.69, 9.17) is 0 Å². The Bertz CT molecular complexity index is 1800. The van der Waals surface area contributed by atoms with E-state index in [0.717, 1.165) is 64.6 Å². The van der Waals surface area contributed by atoms with Crippen LogP contribution in [-0.2, 0) is 16.0 Å². The summed E-state index contributed by atoms with van der Waals surface area (Å²) in [5, 5.41) is 6.03. The van der Waals surface area contributed by atoms with Gasteiger partial charge in [0.25, 0.3) is 0 Å². The average Bonchev–Trinajstić information content (AvgIpc) is 3.90. The summed E-state index contributed by atoms with van der Waals surface area (Å²) in [7, 11) is 0. The summed E-state index contributed by atoms with van der Waals surface area (Å²) in [6.07, 6.45) is 6.83. The van der Waals surface area contributed by atoms with Crippen LogP contribution < -0.4 is 10.6 Å². The Kier molecular flexibility index (Phi) is 10.0. The molecule has 3 fully saturated rings. The van der Waals surface area contributed by atoms with Gasteiger partial charge in [-0.15, -0.1) is 0 Å². The lowest BCUT2D eigenvalue weighted by molar-refractivity contribution is -0.130. The van der Waals surface area contributed by atoms with E-state index in [2.05, 4.69) is 67.0 Å². The molecule has 2 heterocycles. The summed E-state index contributed by atoms with van der Waals surface area (Å²) in [5.41, 5.74) is 5.86. The number of benzene rings is 2. The van der Waals surface area contributed by atoms with Crippen molar-refractivity contribution < 1.29 is 27.2 Å². The zero-order valence-electron chi connectivity index (χ0n) is 28.5. The number of halogens is 4. The van der Waals surface area contributed by atoms with Crippen molar-refractivity contribution in [1.29, 1.82) is 0 Å². The van der Waals surface area contributed by atoms with Crippen molar-refractivity contribution in [2.24, 2.45) is 11.8 Å². The van der Waals surface area contributed by atoms with Gasteiger partial charge >= 0.3 is 0 Å². The van der Waals surface area contributed by atoms with E-state index in [1.165, 1.54) is 0 Å². The summed E-state index contributed by atoms with van der Waals surface area (Å²) in [6, 6.07) is 16.4. The van der Waals surface area contributed by atoms with E-state index in [1.807, 2.05) is 18.3 Å². The number of imidazole rings is 2. The molecule has 0 bridgehead atoms. The van der Waals surface area contributed by atoms with Crippen LogP contribution in [0.3, 0.4) is 0 Å². The minimum Gasteiger partial charge on any atom is -0.355 e. The molecular formula is C39H44F4N6O2. The van der Waals surface area contributed by atoms with Crippen molar-refractivity contribution in [3.8, 4) is 33.6 Å². The van der Waals surface area contributed by atoms with Gasteiger partial charge in [0.1, 0.15) is 11.6 Å². The SMILES string of the molecule is O=C(NCCc1ncc(-c2ccc(-c3ccc(-c4cnc([C@@H]5CCC[C@@H]5NC(=O)C5CCC(F)(F)CC5)[nH]4)cc3)cc2)[nH]1)C1CCC(F)(F)CC1. The van der Waals surface area contributed by atoms with Crippen LogP contribution in [0.1, 0.15) is 88.2 Å². The predicted molar refractivity (Wildman–Crippen MR) is 186 cm³/mol. The molecule has 2 aromatic heterocycles. The third-order valence-electron chi connectivity index (χ3n) is 11.0. The minimum absolute atomic E-state index is 0.0568. The fourth-order valence-corrected chi connectivity index (χ4v) is 7.81. The highest BCUT2D eigenvalue weighted by Crippen LogP contribution is 2.39. The Labute approximate surface area is 294 Å². The Morgan fingerprint density at radius 2 is 1.18 bits per heavy atom. The number of amides is 2. The van der Waals surface area contributed by atoms with Gasteiger partial charge in [-0.05, 0) is 60.8 Å². The number of nitrogens with zero attached hydrogens (tertiary/aromatic N) is 2. The molecule has 0 spiro atoms. The summed E-state index contributed by atoms with van der Waals surface area (Å²) >= 11 is 0. The monoisotopic (exact) mass is 704 g/mol. The van der Waals surface area contributed by atoms with E-state index in [-0.39, 0.29) is 87.0 Å². The number of rotatable bonds is 10. The van der Waals surface area contributed by atoms with E-state index in [9.17, 15) is 27.2 Å². The summed E-state index contributed by atoms with van der Waals surface area (Å²) in [4.78, 5) is 41.2. The normalized spacial score (nSPS) is 22.1. The molecular weight excluding hydrogens is 660 g/mol. The highest BCUT2D eigenvalue weighted by molar-refractivity contribution is 5.79. The second kappa shape index (κ2) is 14.6. The van der Waals surface area contributed by atoms with Gasteiger partial charge in [0.05, 0.1) is 23.8 Å². The van der Waals surface area contributed by atoms with Gasteiger partial charge in [-0.3, -0.25) is 9.59 Å². The number of alkyl halides is 4. The van der Waals surface area contributed by atoms with E-state index in [0.29, 0.717) is 13.0 Å². The number of aromatic amines is 2. The lowest BCUT2D eigenvalue weighted by Gasteiger charge is -2.29. The van der Waals surface area contributed by atoms with Gasteiger partial charge in [-0.2, -0.15) is 0 Å². The van der Waals surface area contributed by atoms with Crippen LogP contribution in [-0.4, -0.2) is 56.2 Å². The molecule has 0 saturated heterocycles. The molecule has 7 rings (SSSR count). The van der Waals surface area contributed by atoms with Crippen LogP contribution in [0.4, 0.5) is 17.6 Å². The van der Waals surface area contributed by atoms with Gasteiger partial charge in [0.15, 0.2) is 0 Å². The molecule has 0 radical (unpaired) electrons. The van der Waals surface area contributed by atoms with Crippen molar-refractivity contribution in [2.75, 3.05) is 6.54 Å². The van der Waals surface area contributed by atoms with Crippen molar-refractivity contribution in [1.82, 2.24) is 30.6 Å². The zero-order chi connectivity index (χ0) is 35.6. The fourth-order valence-electron chi connectivity index (χ4n) is 7.81. The maximum absolute atomic E-state index is 13.6. The number of carbonyl (C=O) groups is 2. The Balaban J connectivity index is 0.908. The Morgan fingerprint density at radius 3 is 1.76 bits per heavy atom. The quantitative estimate of drug-likeness (QED) is 0.125. The van der Waals surface area contributed by atoms with Crippen LogP contribution in [0.2, 0.25) is 0 Å². The van der Waals surface area contributed by atoms with Crippen molar-refractivity contribution >= 4 is 11.8 Å². The smallest absolute Gasteiger partial charge is 0.248 e. The molecule has 12 heteroatoms. The molecule has 2 aromatic carbocycles. The van der Waals surface area contributed by atoms with Crippen LogP contribution in [0.15, 0.2) is 60.9 Å². The molecule has 51 heavy (non-hydrogen) atoms. The largest absolute Gasteiger partial charge is 0.355 e. The van der Waals surface area contributed by atoms with E-state index >= 15 is 0 Å². The highest BCUT2D eigenvalue weighted by atomic mass is 19.3. The zero-order valence-corrected chi connectivity index (χ0v) is 28.5. The minimum atomic E-state index is -2.65. The molecule has 3 saturated carbocycles. The maximum atomic E-state index is 13.6. The Hall–Kier alpha value is -4.48. The predicted octanol–water partition coefficient (Wildman–Crippen LogP) is 8.20. The fraction of sp³-hybridized carbons (Fsp3) is 0.487. The number of carbonyl (C=O) groups excluding carboxylic acids is 2. The molecule has 270 valence electrons. The van der Waals surface area contributed by atoms with Gasteiger partial charge in [0, 0.05) is 62.4 Å². The first kappa shape index (κ1) is 34.9. The molecule has 3 aliphatic rings. The lowest BCUT2D eigenvalue weighted by atomic mass is 9.86. The third-order valence-corrected chi connectivity index (χ3v) is 11.0. The molecule has 0 aliphatic heterocycles. The number of hydrogen-bond donors (Lipinski definition) is 4. The Morgan fingerprint density at radius 1 is 0.667 bits per heavy atom. The number of hydrogen-bond acceptors (Lipinski definition) is 4. The second-order valence-corrected chi connectivity index (χ2v) is 14.5. The molecule has 2 atom stereocenters. The number of nitrogens with one attached hydrogen (secondary N) is 4. The highest BCUT2D eigenvalue weighted by Gasteiger charge is 2.40. The van der Waals surface area contributed by atoms with Crippen LogP contribution in [0.25, 0.3) is 33.6 Å². The maximum Gasteiger partial charge on any atom is 0.248 e. The number of H-pyrrole nitrogens is 2. The molecule has 0 unspecified atom stereocenters. The van der Waals surface area contributed by atoms with E-state index in [1.54, 1.807) is 6.20 Å². The van der Waals surface area contributed by atoms with Crippen molar-refractivity contribution in [2.45, 2.75) is 101 Å². The summed E-state index contributed by atoms with van der Waals surface area (Å²) in [5.74, 6) is -4.63. The molecule has 2 amide bonds. The van der Waals surface area contributed by atoms with Gasteiger partial charge in [-0.25, -0.2) is 27.5 Å². The van der Waals surface area contributed by atoms with Gasteiger partial charge in [0.2, 0.25) is 23.7 Å². The summed E-state index contributed by atoms with van der Waals surface area (Å²) < 4.78 is 54.0. The first-order chi connectivity index (χ1) is 24.5. The molecule has 3 aliphatic carbocycles. The summed E-state index contributed by atoms with van der Waals surface area (Å²) in [6.45, 7) is 0.390. The van der Waals surface area contributed by atoms with Gasteiger partial charge in [-0.1, -0.05) is 55.0 Å². The van der Waals surface area contributed by atoms with Crippen LogP contribution in [0, 0.1) is 11.8 Å². The average molecular weight is 705 g/mol. The first-order valence-corrected chi connectivity index (χ1v) is 18.2. The lowest BCUT2D eigenvalue weighted by Crippen LogP contribution is -2.42. The standard InChI is InChI=1S/C39H44F4N6O2/c40-38(41)17-12-28(13-18-38)36(50)44-21-16-34-45-22-32(47-34)26-8-4-24(5-9-26)25-6-10-27(11-7-25)33-23-46-35(48-33)30-2-1-3-31(30)49-37(51)29-14-19-39(42,43)20-15-29/h4-11,22-23,28-31H,1-3,12-21H2,(H,44,50)(H,45,47)(H,46,48)(H,49,51)/t30-,31+/m1/s1. The van der Waals surface area contributed by atoms with Crippen molar-refractivity contribution in [3.63, 3.8) is 0 Å². The molecule has 4 aromatic rings.